The molecule has 1 heterocycles. The maximum atomic E-state index is 12.0. The third-order valence-corrected chi connectivity index (χ3v) is 3.78. The van der Waals surface area contributed by atoms with Crippen LogP contribution in [0.25, 0.3) is 0 Å². The van der Waals surface area contributed by atoms with Crippen molar-refractivity contribution in [3.8, 4) is 0 Å². The third kappa shape index (κ3) is 3.29. The first kappa shape index (κ1) is 14.4. The summed E-state index contributed by atoms with van der Waals surface area (Å²) in [6.07, 6.45) is 0. The van der Waals surface area contributed by atoms with Crippen LogP contribution in [0.4, 0.5) is 4.79 Å². The second-order valence-corrected chi connectivity index (χ2v) is 5.47. The number of rotatable bonds is 3. The summed E-state index contributed by atoms with van der Waals surface area (Å²) in [7, 11) is 0. The van der Waals surface area contributed by atoms with Gasteiger partial charge in [-0.1, -0.05) is 36.8 Å². The van der Waals surface area contributed by atoms with E-state index >= 15 is 0 Å². The largest absolute Gasteiger partial charge is 0.481 e. The summed E-state index contributed by atoms with van der Waals surface area (Å²) >= 11 is 0. The summed E-state index contributed by atoms with van der Waals surface area (Å²) in [6.45, 7) is 5.13. The van der Waals surface area contributed by atoms with Crippen molar-refractivity contribution in [1.82, 2.24) is 10.2 Å². The molecular weight excluding hydrogens is 256 g/mol. The molecule has 20 heavy (non-hydrogen) atoms. The minimum absolute atomic E-state index is 0.00220. The van der Waals surface area contributed by atoms with E-state index in [1.807, 2.05) is 38.1 Å². The van der Waals surface area contributed by atoms with Crippen molar-refractivity contribution in [2.24, 2.45) is 11.8 Å². The predicted octanol–water partition coefficient (Wildman–Crippen LogP) is 1.86. The van der Waals surface area contributed by atoms with E-state index in [1.54, 1.807) is 4.90 Å². The van der Waals surface area contributed by atoms with Crippen LogP contribution in [0.1, 0.15) is 18.1 Å². The number of carbonyl (C=O) groups excluding carboxylic acids is 1. The van der Waals surface area contributed by atoms with Crippen LogP contribution in [0, 0.1) is 18.8 Å². The molecule has 1 aliphatic rings. The monoisotopic (exact) mass is 276 g/mol. The second-order valence-electron chi connectivity index (χ2n) is 5.47. The molecule has 0 spiro atoms. The van der Waals surface area contributed by atoms with Gasteiger partial charge in [0.25, 0.3) is 0 Å². The zero-order valence-electron chi connectivity index (χ0n) is 11.8. The molecule has 5 heteroatoms. The van der Waals surface area contributed by atoms with Crippen LogP contribution in [0.15, 0.2) is 24.3 Å². The molecule has 0 saturated carbocycles. The van der Waals surface area contributed by atoms with E-state index in [2.05, 4.69) is 5.32 Å². The number of carboxylic acid groups (broad SMARTS) is 1. The number of carbonyl (C=O) groups is 2. The maximum Gasteiger partial charge on any atom is 0.317 e. The second kappa shape index (κ2) is 5.94. The lowest BCUT2D eigenvalue weighted by Crippen LogP contribution is -2.38. The Morgan fingerprint density at radius 2 is 1.95 bits per heavy atom. The first-order chi connectivity index (χ1) is 9.47. The Hall–Kier alpha value is -2.04. The zero-order valence-corrected chi connectivity index (χ0v) is 11.8. The van der Waals surface area contributed by atoms with Crippen LogP contribution in [0.5, 0.6) is 0 Å². The summed E-state index contributed by atoms with van der Waals surface area (Å²) in [5.74, 6) is -1.29. The van der Waals surface area contributed by atoms with Crippen LogP contribution < -0.4 is 5.32 Å². The molecule has 2 amide bonds. The highest BCUT2D eigenvalue weighted by molar-refractivity contribution is 5.77. The first-order valence-corrected chi connectivity index (χ1v) is 6.78. The fourth-order valence-corrected chi connectivity index (χ4v) is 2.45. The molecule has 108 valence electrons. The smallest absolute Gasteiger partial charge is 0.317 e. The number of aliphatic carboxylic acids is 1. The SMILES string of the molecule is Cc1ccc(CNC(=O)N2C[C@@H](C)[C@H](C(=O)O)C2)cc1. The molecule has 0 radical (unpaired) electrons. The Kier molecular flexibility index (Phi) is 4.27. The normalized spacial score (nSPS) is 21.8. The van der Waals surface area contributed by atoms with Gasteiger partial charge in [-0.25, -0.2) is 4.79 Å². The summed E-state index contributed by atoms with van der Waals surface area (Å²) in [6, 6.07) is 7.76. The highest BCUT2D eigenvalue weighted by Crippen LogP contribution is 2.23. The van der Waals surface area contributed by atoms with Gasteiger partial charge in [-0.15, -0.1) is 0 Å². The van der Waals surface area contributed by atoms with Crippen molar-refractivity contribution < 1.29 is 14.7 Å². The molecule has 2 atom stereocenters. The van der Waals surface area contributed by atoms with Crippen LogP contribution in [0.2, 0.25) is 0 Å². The molecule has 0 aliphatic carbocycles. The summed E-state index contributed by atoms with van der Waals surface area (Å²) < 4.78 is 0. The van der Waals surface area contributed by atoms with Crippen molar-refractivity contribution in [3.05, 3.63) is 35.4 Å². The van der Waals surface area contributed by atoms with Gasteiger partial charge in [-0.2, -0.15) is 0 Å². The molecule has 5 nitrogen and oxygen atoms in total. The molecular formula is C15H20N2O3. The van der Waals surface area contributed by atoms with Crippen molar-refractivity contribution in [3.63, 3.8) is 0 Å². The third-order valence-electron chi connectivity index (χ3n) is 3.78. The number of nitrogens with one attached hydrogen (secondary N) is 1. The molecule has 2 N–H and O–H groups in total. The van der Waals surface area contributed by atoms with E-state index < -0.39 is 11.9 Å². The number of nitrogens with zero attached hydrogens (tertiary/aromatic N) is 1. The zero-order chi connectivity index (χ0) is 14.7. The van der Waals surface area contributed by atoms with Crippen molar-refractivity contribution in [2.75, 3.05) is 13.1 Å². The standard InChI is InChI=1S/C15H20N2O3/c1-10-3-5-12(6-4-10)7-16-15(20)17-8-11(2)13(9-17)14(18)19/h3-6,11,13H,7-9H2,1-2H3,(H,16,20)(H,18,19)/t11-,13-/m1/s1. The van der Waals surface area contributed by atoms with E-state index in [4.69, 9.17) is 5.11 Å². The van der Waals surface area contributed by atoms with Crippen LogP contribution in [0.3, 0.4) is 0 Å². The van der Waals surface area contributed by atoms with E-state index in [-0.39, 0.29) is 18.5 Å². The van der Waals surface area contributed by atoms with Gasteiger partial charge < -0.3 is 15.3 Å². The quantitative estimate of drug-likeness (QED) is 0.885. The summed E-state index contributed by atoms with van der Waals surface area (Å²) in [4.78, 5) is 24.6. The lowest BCUT2D eigenvalue weighted by molar-refractivity contribution is -0.142. The highest BCUT2D eigenvalue weighted by atomic mass is 16.4. The van der Waals surface area contributed by atoms with Crippen molar-refractivity contribution in [1.29, 1.82) is 0 Å². The van der Waals surface area contributed by atoms with E-state index in [1.165, 1.54) is 5.56 Å². The molecule has 0 unspecified atom stereocenters. The number of amides is 2. The Balaban J connectivity index is 1.87. The summed E-state index contributed by atoms with van der Waals surface area (Å²) in [5, 5.41) is 11.9. The van der Waals surface area contributed by atoms with Gasteiger partial charge >= 0.3 is 12.0 Å². The number of benzene rings is 1. The molecule has 0 bridgehead atoms. The number of likely N-dealkylation sites (tertiary alicyclic amines) is 1. The van der Waals surface area contributed by atoms with Gasteiger partial charge in [0.1, 0.15) is 0 Å². The average Bonchev–Trinajstić information content (AvgIpc) is 2.80. The number of hydrogen-bond acceptors (Lipinski definition) is 2. The van der Waals surface area contributed by atoms with Gasteiger partial charge in [0.2, 0.25) is 0 Å². The van der Waals surface area contributed by atoms with Gasteiger partial charge in [-0.05, 0) is 18.4 Å². The topological polar surface area (TPSA) is 69.6 Å². The lowest BCUT2D eigenvalue weighted by Gasteiger charge is -2.17. The van der Waals surface area contributed by atoms with Gasteiger partial charge in [-0.3, -0.25) is 4.79 Å². The molecule has 1 aromatic rings. The van der Waals surface area contributed by atoms with Crippen LogP contribution in [-0.2, 0) is 11.3 Å². The lowest BCUT2D eigenvalue weighted by atomic mass is 9.99. The van der Waals surface area contributed by atoms with Crippen LogP contribution in [-0.4, -0.2) is 35.1 Å². The highest BCUT2D eigenvalue weighted by Gasteiger charge is 2.36. The van der Waals surface area contributed by atoms with E-state index in [9.17, 15) is 9.59 Å². The average molecular weight is 276 g/mol. The number of carboxylic acids is 1. The Labute approximate surface area is 118 Å². The number of hydrogen-bond donors (Lipinski definition) is 2. The molecule has 0 aromatic heterocycles. The Morgan fingerprint density at radius 1 is 1.30 bits per heavy atom. The van der Waals surface area contributed by atoms with E-state index in [0.717, 1.165) is 5.56 Å². The first-order valence-electron chi connectivity index (χ1n) is 6.78. The minimum atomic E-state index is -0.827. The predicted molar refractivity (Wildman–Crippen MR) is 75.3 cm³/mol. The molecule has 2 rings (SSSR count). The minimum Gasteiger partial charge on any atom is -0.481 e. The van der Waals surface area contributed by atoms with Crippen LogP contribution >= 0.6 is 0 Å². The molecule has 1 fully saturated rings. The van der Waals surface area contributed by atoms with Crippen molar-refractivity contribution in [2.45, 2.75) is 20.4 Å². The molecule has 1 aromatic carbocycles. The Bertz CT molecular complexity index is 498. The number of aryl methyl sites for hydroxylation is 1. The summed E-state index contributed by atoms with van der Waals surface area (Å²) in [5.41, 5.74) is 2.21. The van der Waals surface area contributed by atoms with E-state index in [0.29, 0.717) is 13.1 Å². The van der Waals surface area contributed by atoms with Gasteiger partial charge in [0.05, 0.1) is 5.92 Å². The van der Waals surface area contributed by atoms with Gasteiger partial charge in [0.15, 0.2) is 0 Å². The molecule has 1 aliphatic heterocycles. The number of urea groups is 1. The fraction of sp³-hybridized carbons (Fsp3) is 0.467. The van der Waals surface area contributed by atoms with Gasteiger partial charge in [0, 0.05) is 19.6 Å². The molecule has 1 saturated heterocycles. The maximum absolute atomic E-state index is 12.0. The Morgan fingerprint density at radius 3 is 2.50 bits per heavy atom. The van der Waals surface area contributed by atoms with Crippen molar-refractivity contribution >= 4 is 12.0 Å². The fourth-order valence-electron chi connectivity index (χ4n) is 2.45.